The Hall–Kier alpha value is -2.50. The number of fused-ring (bicyclic) bond motifs is 1. The van der Waals surface area contributed by atoms with Crippen LogP contribution >= 0.6 is 0 Å². The van der Waals surface area contributed by atoms with Gasteiger partial charge in [0.1, 0.15) is 10.6 Å². The van der Waals surface area contributed by atoms with E-state index in [0.717, 1.165) is 6.07 Å². The van der Waals surface area contributed by atoms with Crippen LogP contribution in [0.1, 0.15) is 6.92 Å². The van der Waals surface area contributed by atoms with E-state index in [0.29, 0.717) is 27.8 Å². The second-order valence-electron chi connectivity index (χ2n) is 5.96. The number of rotatable bonds is 4. The summed E-state index contributed by atoms with van der Waals surface area (Å²) in [5, 5.41) is 21.4. The Bertz CT molecular complexity index is 1210. The Morgan fingerprint density at radius 1 is 1.07 bits per heavy atom. The molecule has 0 heterocycles. The van der Waals surface area contributed by atoms with Crippen LogP contribution in [0.5, 0.6) is 5.75 Å². The summed E-state index contributed by atoms with van der Waals surface area (Å²) in [7, 11) is -4.69. The molecule has 1 amide bonds. The summed E-state index contributed by atoms with van der Waals surface area (Å²) in [6.45, 7) is 1.38. The zero-order valence-electron chi connectivity index (χ0n) is 15.6. The zero-order valence-corrected chi connectivity index (χ0v) is 18.4. The van der Waals surface area contributed by atoms with Crippen LogP contribution in [0.3, 0.4) is 0 Å². The molecule has 3 aromatic rings. The molecule has 29 heavy (non-hydrogen) atoms. The summed E-state index contributed by atoms with van der Waals surface area (Å²) in [5.74, 6) is -0.683. The number of nitrogen functional groups attached to an aromatic ring is 1. The number of benzene rings is 3. The molecule has 0 bridgehead atoms. The number of hydrogen-bond acceptors (Lipinski definition) is 7. The number of phenols is 1. The molecule has 0 saturated heterocycles. The van der Waals surface area contributed by atoms with Gasteiger partial charge in [-0.05, 0) is 53.9 Å². The largest absolute Gasteiger partial charge is 0.505 e. The third-order valence-corrected chi connectivity index (χ3v) is 4.67. The number of aromatic hydroxyl groups is 1. The summed E-state index contributed by atoms with van der Waals surface area (Å²) in [4.78, 5) is 10.4. The third kappa shape index (κ3) is 5.31. The average molecular weight is 423 g/mol. The minimum Gasteiger partial charge on any atom is -0.505 e. The molecule has 145 valence electrons. The fourth-order valence-electron chi connectivity index (χ4n) is 2.59. The third-order valence-electron chi connectivity index (χ3n) is 3.81. The van der Waals surface area contributed by atoms with Gasteiger partial charge in [-0.3, -0.25) is 9.35 Å². The minimum absolute atomic E-state index is 0. The Labute approximate surface area is 188 Å². The SMILES string of the molecule is CC(=O)Nc1ccc(N=Nc2c(S(=O)(=O)O)cc3cc(N)ccc3c2O)cc1.[Na]. The second kappa shape index (κ2) is 8.89. The normalized spacial score (nSPS) is 11.4. The fourth-order valence-corrected chi connectivity index (χ4v) is 3.24. The molecule has 9 nitrogen and oxygen atoms in total. The Balaban J connectivity index is 0.00000300. The van der Waals surface area contributed by atoms with Gasteiger partial charge in [-0.15, -0.1) is 5.11 Å². The molecule has 3 aromatic carbocycles. The minimum atomic E-state index is -4.69. The molecule has 0 fully saturated rings. The summed E-state index contributed by atoms with van der Waals surface area (Å²) in [6, 6.07) is 11.9. The number of nitrogens with zero attached hydrogens (tertiary/aromatic N) is 2. The van der Waals surface area contributed by atoms with E-state index < -0.39 is 26.5 Å². The molecule has 1 radical (unpaired) electrons. The first-order valence-corrected chi connectivity index (χ1v) is 9.41. The molecular weight excluding hydrogens is 407 g/mol. The first-order chi connectivity index (χ1) is 13.1. The molecule has 11 heteroatoms. The van der Waals surface area contributed by atoms with E-state index in [9.17, 15) is 22.9 Å². The van der Waals surface area contributed by atoms with Gasteiger partial charge < -0.3 is 16.2 Å². The van der Waals surface area contributed by atoms with Gasteiger partial charge in [0.05, 0.1) is 5.69 Å². The van der Waals surface area contributed by atoms with Crippen molar-refractivity contribution >= 4 is 79.1 Å². The van der Waals surface area contributed by atoms with E-state index in [1.165, 1.54) is 25.1 Å². The topological polar surface area (TPSA) is 154 Å². The van der Waals surface area contributed by atoms with Crippen LogP contribution in [0.2, 0.25) is 0 Å². The van der Waals surface area contributed by atoms with Gasteiger partial charge in [-0.1, -0.05) is 0 Å². The summed E-state index contributed by atoms with van der Waals surface area (Å²) in [6.07, 6.45) is 0. The quantitative estimate of drug-likeness (QED) is 0.218. The zero-order chi connectivity index (χ0) is 20.5. The van der Waals surface area contributed by atoms with Crippen LogP contribution in [-0.2, 0) is 14.9 Å². The van der Waals surface area contributed by atoms with Gasteiger partial charge in [-0.25, -0.2) is 0 Å². The first kappa shape index (κ1) is 22.8. The van der Waals surface area contributed by atoms with Crippen molar-refractivity contribution in [1.82, 2.24) is 0 Å². The predicted octanol–water partition coefficient (Wildman–Crippen LogP) is 3.37. The molecule has 3 rings (SSSR count). The molecule has 0 spiro atoms. The molecule has 0 aromatic heterocycles. The summed E-state index contributed by atoms with van der Waals surface area (Å²) in [5.41, 5.74) is 6.54. The molecule has 5 N–H and O–H groups in total. The Kier molecular flexibility index (Phi) is 6.98. The van der Waals surface area contributed by atoms with E-state index in [-0.39, 0.29) is 35.5 Å². The predicted molar refractivity (Wildman–Crippen MR) is 111 cm³/mol. The van der Waals surface area contributed by atoms with E-state index in [1.54, 1.807) is 24.3 Å². The number of carbonyl (C=O) groups excluding carboxylic acids is 1. The van der Waals surface area contributed by atoms with Crippen LogP contribution < -0.4 is 11.1 Å². The number of amides is 1. The number of hydrogen-bond donors (Lipinski definition) is 4. The van der Waals surface area contributed by atoms with Crippen molar-refractivity contribution in [3.05, 3.63) is 48.5 Å². The second-order valence-corrected chi connectivity index (χ2v) is 7.35. The van der Waals surface area contributed by atoms with E-state index >= 15 is 0 Å². The molecular formula is C18H16N4NaO5S. The maximum Gasteiger partial charge on any atom is 0.296 e. The summed E-state index contributed by atoms with van der Waals surface area (Å²) >= 11 is 0. The van der Waals surface area contributed by atoms with Gasteiger partial charge in [0, 0.05) is 53.2 Å². The number of nitrogens with one attached hydrogen (secondary N) is 1. The standard InChI is InChI=1S/C18H16N4O5S.Na/c1-10(23)20-13-3-5-14(6-4-13)21-22-17-16(28(25,26)27)9-11-8-12(19)2-7-15(11)18(17)24;/h2-9,24H,19H2,1H3,(H,20,23)(H,25,26,27);. The molecule has 0 aliphatic carbocycles. The first-order valence-electron chi connectivity index (χ1n) is 7.97. The van der Waals surface area contributed by atoms with Crippen molar-refractivity contribution in [2.75, 3.05) is 11.1 Å². The molecule has 0 atom stereocenters. The van der Waals surface area contributed by atoms with Crippen molar-refractivity contribution in [1.29, 1.82) is 0 Å². The van der Waals surface area contributed by atoms with Crippen LogP contribution in [-0.4, -0.2) is 53.5 Å². The maximum atomic E-state index is 11.8. The van der Waals surface area contributed by atoms with E-state index in [1.807, 2.05) is 0 Å². The van der Waals surface area contributed by atoms with Crippen LogP contribution in [0.25, 0.3) is 10.8 Å². The number of anilines is 2. The van der Waals surface area contributed by atoms with Gasteiger partial charge in [0.2, 0.25) is 5.91 Å². The number of nitrogens with two attached hydrogens (primary N) is 1. The molecule has 0 aliphatic rings. The fraction of sp³-hybridized carbons (Fsp3) is 0.0556. The summed E-state index contributed by atoms with van der Waals surface area (Å²) < 4.78 is 33.1. The van der Waals surface area contributed by atoms with Crippen LogP contribution in [0, 0.1) is 0 Å². The smallest absolute Gasteiger partial charge is 0.296 e. The molecule has 0 unspecified atom stereocenters. The Morgan fingerprint density at radius 2 is 1.72 bits per heavy atom. The van der Waals surface area contributed by atoms with Gasteiger partial charge >= 0.3 is 0 Å². The van der Waals surface area contributed by atoms with Crippen LogP contribution in [0.4, 0.5) is 22.7 Å². The molecule has 0 aliphatic heterocycles. The van der Waals surface area contributed by atoms with Crippen molar-refractivity contribution in [3.63, 3.8) is 0 Å². The van der Waals surface area contributed by atoms with E-state index in [4.69, 9.17) is 5.73 Å². The van der Waals surface area contributed by atoms with Gasteiger partial charge in [0.25, 0.3) is 10.1 Å². The van der Waals surface area contributed by atoms with Crippen LogP contribution in [0.15, 0.2) is 63.7 Å². The Morgan fingerprint density at radius 3 is 2.31 bits per heavy atom. The van der Waals surface area contributed by atoms with Gasteiger partial charge in [-0.2, -0.15) is 13.5 Å². The van der Waals surface area contributed by atoms with Crippen molar-refractivity contribution in [2.24, 2.45) is 10.2 Å². The monoisotopic (exact) mass is 423 g/mol. The molecule has 0 saturated carbocycles. The maximum absolute atomic E-state index is 11.8. The number of carbonyl (C=O) groups is 1. The van der Waals surface area contributed by atoms with Gasteiger partial charge in [0.15, 0.2) is 5.75 Å². The van der Waals surface area contributed by atoms with Crippen molar-refractivity contribution in [2.45, 2.75) is 11.8 Å². The number of phenolic OH excluding ortho intramolecular Hbond substituents is 1. The number of azo groups is 1. The van der Waals surface area contributed by atoms with Crippen molar-refractivity contribution < 1.29 is 22.9 Å². The van der Waals surface area contributed by atoms with Crippen molar-refractivity contribution in [3.8, 4) is 5.75 Å². The average Bonchev–Trinajstić information content (AvgIpc) is 2.60. The van der Waals surface area contributed by atoms with E-state index in [2.05, 4.69) is 15.5 Å².